The molecule has 0 amide bonds. The first-order valence-corrected chi connectivity index (χ1v) is 8.15. The number of thioether (sulfide) groups is 1. The van der Waals surface area contributed by atoms with Crippen LogP contribution < -0.4 is 10.5 Å². The highest BCUT2D eigenvalue weighted by Gasteiger charge is 2.21. The van der Waals surface area contributed by atoms with Crippen molar-refractivity contribution < 1.29 is 14.4 Å². The summed E-state index contributed by atoms with van der Waals surface area (Å²) in [6, 6.07) is 12.3. The molecule has 132 valence electrons. The Morgan fingerprint density at radius 3 is 2.80 bits per heavy atom. The number of rotatable bonds is 4. The lowest BCUT2D eigenvalue weighted by Crippen LogP contribution is -2.14. The molecular formula is C16H16ClN3O4S. The number of benzene rings is 2. The summed E-state index contributed by atoms with van der Waals surface area (Å²) in [6.45, 7) is 0.429. The van der Waals surface area contributed by atoms with Crippen molar-refractivity contribution >= 4 is 40.7 Å². The quantitative estimate of drug-likeness (QED) is 0.374. The van der Waals surface area contributed by atoms with E-state index in [1.165, 1.54) is 23.9 Å². The van der Waals surface area contributed by atoms with Crippen molar-refractivity contribution in [1.82, 2.24) is 0 Å². The third-order valence-electron chi connectivity index (χ3n) is 3.35. The summed E-state index contributed by atoms with van der Waals surface area (Å²) in [7, 11) is 0. The fourth-order valence-electron chi connectivity index (χ4n) is 2.31. The number of ether oxygens (including phenoxy) is 2. The zero-order chi connectivity index (χ0) is 16.9. The molecule has 2 aromatic rings. The van der Waals surface area contributed by atoms with Gasteiger partial charge in [0.15, 0.2) is 12.0 Å². The van der Waals surface area contributed by atoms with Gasteiger partial charge in [0.1, 0.15) is 5.75 Å². The van der Waals surface area contributed by atoms with Crippen LogP contribution in [0.25, 0.3) is 0 Å². The summed E-state index contributed by atoms with van der Waals surface area (Å²) in [5, 5.41) is 11.5. The number of amidine groups is 1. The summed E-state index contributed by atoms with van der Waals surface area (Å²) in [5.74, 6) is 1.05. The number of nitro benzene ring substituents is 1. The fraction of sp³-hybridized carbons (Fsp3) is 0.188. The molecule has 2 N–H and O–H groups in total. The van der Waals surface area contributed by atoms with Gasteiger partial charge < -0.3 is 15.2 Å². The van der Waals surface area contributed by atoms with Crippen LogP contribution in [0.2, 0.25) is 0 Å². The summed E-state index contributed by atoms with van der Waals surface area (Å²) >= 11 is 1.30. The van der Waals surface area contributed by atoms with E-state index in [0.29, 0.717) is 34.4 Å². The van der Waals surface area contributed by atoms with Crippen LogP contribution in [0.1, 0.15) is 11.1 Å². The van der Waals surface area contributed by atoms with Gasteiger partial charge in [-0.15, -0.1) is 12.4 Å². The van der Waals surface area contributed by atoms with E-state index >= 15 is 0 Å². The average molecular weight is 382 g/mol. The lowest BCUT2D eigenvalue weighted by Gasteiger charge is -2.20. The maximum atomic E-state index is 11.1. The van der Waals surface area contributed by atoms with Crippen molar-refractivity contribution in [2.75, 3.05) is 6.79 Å². The van der Waals surface area contributed by atoms with E-state index in [1.807, 2.05) is 30.3 Å². The first kappa shape index (κ1) is 19.0. The topological polar surface area (TPSA) is 100.0 Å². The Morgan fingerprint density at radius 1 is 1.32 bits per heavy atom. The molecule has 0 saturated heterocycles. The summed E-state index contributed by atoms with van der Waals surface area (Å²) in [6.07, 6.45) is 0. The van der Waals surface area contributed by atoms with Gasteiger partial charge in [-0.2, -0.15) is 0 Å². The Hall–Kier alpha value is -2.29. The van der Waals surface area contributed by atoms with Gasteiger partial charge in [-0.1, -0.05) is 30.0 Å². The largest absolute Gasteiger partial charge is 0.467 e. The highest BCUT2D eigenvalue weighted by Crippen LogP contribution is 2.34. The van der Waals surface area contributed by atoms with Gasteiger partial charge in [-0.25, -0.2) is 4.99 Å². The zero-order valence-corrected chi connectivity index (χ0v) is 14.7. The predicted molar refractivity (Wildman–Crippen MR) is 99.6 cm³/mol. The molecule has 3 rings (SSSR count). The monoisotopic (exact) mass is 381 g/mol. The third-order valence-corrected chi connectivity index (χ3v) is 4.20. The fourth-order valence-corrected chi connectivity index (χ4v) is 2.99. The SMILES string of the molecule is Cl.NC(=Nc1ccccc1)SCc1cc([N+](=O)[O-])cc2c1OCOC2. The molecule has 0 aliphatic carbocycles. The lowest BCUT2D eigenvalue weighted by molar-refractivity contribution is -0.385. The molecule has 0 bridgehead atoms. The van der Waals surface area contributed by atoms with E-state index in [9.17, 15) is 10.1 Å². The molecule has 1 aliphatic heterocycles. The summed E-state index contributed by atoms with van der Waals surface area (Å²) < 4.78 is 10.7. The number of hydrogen-bond acceptors (Lipinski definition) is 6. The lowest BCUT2D eigenvalue weighted by atomic mass is 10.1. The van der Waals surface area contributed by atoms with E-state index in [2.05, 4.69) is 4.99 Å². The first-order chi connectivity index (χ1) is 11.6. The maximum Gasteiger partial charge on any atom is 0.270 e. The number of hydrogen-bond donors (Lipinski definition) is 1. The van der Waals surface area contributed by atoms with E-state index in [4.69, 9.17) is 15.2 Å². The van der Waals surface area contributed by atoms with E-state index in [0.717, 1.165) is 5.69 Å². The molecule has 0 fully saturated rings. The Morgan fingerprint density at radius 2 is 2.08 bits per heavy atom. The molecule has 7 nitrogen and oxygen atoms in total. The number of aliphatic imine (C=N–C) groups is 1. The molecule has 1 aliphatic rings. The van der Waals surface area contributed by atoms with Crippen LogP contribution >= 0.6 is 24.2 Å². The smallest absolute Gasteiger partial charge is 0.270 e. The van der Waals surface area contributed by atoms with Crippen LogP contribution in [0.5, 0.6) is 5.75 Å². The van der Waals surface area contributed by atoms with Gasteiger partial charge >= 0.3 is 0 Å². The summed E-state index contributed by atoms with van der Waals surface area (Å²) in [5.41, 5.74) is 8.09. The molecule has 0 spiro atoms. The van der Waals surface area contributed by atoms with Crippen LogP contribution in [-0.2, 0) is 17.1 Å². The minimum absolute atomic E-state index is 0. The molecule has 0 atom stereocenters. The molecule has 1 heterocycles. The third kappa shape index (κ3) is 4.85. The Labute approximate surface area is 154 Å². The number of para-hydroxylation sites is 1. The van der Waals surface area contributed by atoms with Crippen molar-refractivity contribution in [1.29, 1.82) is 0 Å². The highest BCUT2D eigenvalue weighted by atomic mass is 35.5. The Balaban J connectivity index is 0.00000225. The summed E-state index contributed by atoms with van der Waals surface area (Å²) in [4.78, 5) is 15.0. The molecule has 0 aromatic heterocycles. The van der Waals surface area contributed by atoms with Crippen molar-refractivity contribution in [3.05, 3.63) is 63.7 Å². The van der Waals surface area contributed by atoms with Crippen molar-refractivity contribution in [3.63, 3.8) is 0 Å². The highest BCUT2D eigenvalue weighted by molar-refractivity contribution is 8.13. The van der Waals surface area contributed by atoms with Crippen molar-refractivity contribution in [2.45, 2.75) is 12.4 Å². The second-order valence-electron chi connectivity index (χ2n) is 5.04. The van der Waals surface area contributed by atoms with E-state index < -0.39 is 4.92 Å². The molecule has 0 saturated carbocycles. The second-order valence-corrected chi connectivity index (χ2v) is 6.03. The average Bonchev–Trinajstić information content (AvgIpc) is 2.60. The maximum absolute atomic E-state index is 11.1. The predicted octanol–water partition coefficient (Wildman–Crippen LogP) is 3.76. The number of fused-ring (bicyclic) bond motifs is 1. The van der Waals surface area contributed by atoms with Crippen LogP contribution in [0.3, 0.4) is 0 Å². The van der Waals surface area contributed by atoms with Gasteiger partial charge in [-0.05, 0) is 12.1 Å². The van der Waals surface area contributed by atoms with Crippen molar-refractivity contribution in [3.8, 4) is 5.75 Å². The van der Waals surface area contributed by atoms with Gasteiger partial charge in [0.2, 0.25) is 0 Å². The van der Waals surface area contributed by atoms with Crippen LogP contribution in [-0.4, -0.2) is 16.9 Å². The molecule has 0 unspecified atom stereocenters. The normalized spacial score (nSPS) is 13.4. The van der Waals surface area contributed by atoms with Crippen LogP contribution in [0.15, 0.2) is 47.5 Å². The molecular weight excluding hydrogens is 366 g/mol. The number of nitrogens with two attached hydrogens (primary N) is 1. The van der Waals surface area contributed by atoms with E-state index in [1.54, 1.807) is 0 Å². The number of nitrogens with zero attached hydrogens (tertiary/aromatic N) is 2. The van der Waals surface area contributed by atoms with Gasteiger partial charge in [0.05, 0.1) is 17.2 Å². The van der Waals surface area contributed by atoms with Gasteiger partial charge in [0.25, 0.3) is 5.69 Å². The van der Waals surface area contributed by atoms with Crippen LogP contribution in [0.4, 0.5) is 11.4 Å². The molecule has 9 heteroatoms. The van der Waals surface area contributed by atoms with Crippen molar-refractivity contribution in [2.24, 2.45) is 10.7 Å². The number of halogens is 1. The molecule has 0 radical (unpaired) electrons. The minimum atomic E-state index is -0.426. The molecule has 25 heavy (non-hydrogen) atoms. The van der Waals surface area contributed by atoms with Crippen LogP contribution in [0, 0.1) is 10.1 Å². The Kier molecular flexibility index (Phi) is 6.63. The zero-order valence-electron chi connectivity index (χ0n) is 13.1. The molecule has 2 aromatic carbocycles. The number of nitro groups is 1. The second kappa shape index (κ2) is 8.70. The van der Waals surface area contributed by atoms with Gasteiger partial charge in [0, 0.05) is 29.0 Å². The van der Waals surface area contributed by atoms with Gasteiger partial charge in [-0.3, -0.25) is 10.1 Å². The minimum Gasteiger partial charge on any atom is -0.467 e. The standard InChI is InChI=1S/C16H15N3O4S.ClH/c17-16(18-13-4-2-1-3-5-13)24-9-12-7-14(19(20)21)6-11-8-22-10-23-15(11)12;/h1-7H,8-10H2,(H2,17,18);1H. The Bertz CT molecular complexity index is 786. The first-order valence-electron chi connectivity index (χ1n) is 7.16. The number of non-ortho nitro benzene ring substituents is 1. The van der Waals surface area contributed by atoms with E-state index in [-0.39, 0.29) is 24.9 Å².